The molecule has 0 fully saturated rings. The minimum atomic E-state index is -5.52. The molecule has 0 radical (unpaired) electrons. The molecule has 0 heterocycles. The van der Waals surface area contributed by atoms with Gasteiger partial charge >= 0.3 is 36.6 Å². The van der Waals surface area contributed by atoms with E-state index < -0.39 is 93.4 Å². The smallest absolute Gasteiger partial charge is 0.420 e. The van der Waals surface area contributed by atoms with Crippen LogP contribution in [0.5, 0.6) is 11.5 Å². The molecule has 0 aliphatic carbocycles. The van der Waals surface area contributed by atoms with Gasteiger partial charge < -0.3 is 9.47 Å². The van der Waals surface area contributed by atoms with E-state index in [9.17, 15) is 62.3 Å². The number of hydrogen-bond donors (Lipinski definition) is 0. The fourth-order valence-corrected chi connectivity index (χ4v) is 4.10. The topological polar surface area (TPSA) is 52.6 Å². The summed E-state index contributed by atoms with van der Waals surface area (Å²) in [7, 11) is 0. The molecule has 4 nitrogen and oxygen atoms in total. The van der Waals surface area contributed by atoms with Crippen molar-refractivity contribution in [3.05, 3.63) is 57.6 Å². The Bertz CT molecular complexity index is 1290. The Morgan fingerprint density at radius 1 is 0.667 bits per heavy atom. The van der Waals surface area contributed by atoms with Gasteiger partial charge in [0, 0.05) is 0 Å². The fourth-order valence-electron chi connectivity index (χ4n) is 4.10. The number of halogens is 12. The van der Waals surface area contributed by atoms with Crippen molar-refractivity contribution in [1.82, 2.24) is 0 Å². The zero-order valence-electron chi connectivity index (χ0n) is 22.0. The second-order valence-electron chi connectivity index (χ2n) is 9.44. The molecule has 0 aromatic heterocycles. The molecule has 234 valence electrons. The molecule has 0 aliphatic heterocycles. The van der Waals surface area contributed by atoms with E-state index in [2.05, 4.69) is 4.74 Å². The summed E-state index contributed by atoms with van der Waals surface area (Å²) in [6, 6.07) is 0.373. The molecule has 2 rings (SSSR count). The molecule has 2 atom stereocenters. The highest BCUT2D eigenvalue weighted by molar-refractivity contribution is 5.97. The van der Waals surface area contributed by atoms with Gasteiger partial charge in [-0.3, -0.25) is 9.59 Å². The number of hydrogen-bond acceptors (Lipinski definition) is 4. The van der Waals surface area contributed by atoms with Gasteiger partial charge in [0.05, 0.1) is 22.3 Å². The van der Waals surface area contributed by atoms with E-state index in [1.165, 1.54) is 6.92 Å². The van der Waals surface area contributed by atoms with Gasteiger partial charge in [0.1, 0.15) is 5.75 Å². The quantitative estimate of drug-likeness (QED) is 0.133. The molecule has 0 spiro atoms. The van der Waals surface area contributed by atoms with Crippen LogP contribution < -0.4 is 9.47 Å². The lowest BCUT2D eigenvalue weighted by atomic mass is 9.90. The first-order valence-electron chi connectivity index (χ1n) is 11.9. The van der Waals surface area contributed by atoms with Crippen LogP contribution in [0.2, 0.25) is 0 Å². The first-order chi connectivity index (χ1) is 18.9. The minimum absolute atomic E-state index is 0.112. The molecule has 2 aromatic carbocycles. The number of benzene rings is 2. The Hall–Kier alpha value is -3.46. The number of ether oxygens (including phenoxy) is 2. The third-order valence-corrected chi connectivity index (χ3v) is 5.98. The number of carbonyl (C=O) groups excluding carboxylic acids is 2. The second kappa shape index (κ2) is 12.0. The second-order valence-corrected chi connectivity index (χ2v) is 9.44. The third kappa shape index (κ3) is 8.09. The molecule has 42 heavy (non-hydrogen) atoms. The molecule has 2 aromatic rings. The van der Waals surface area contributed by atoms with E-state index in [0.29, 0.717) is 0 Å². The predicted molar refractivity (Wildman–Crippen MR) is 121 cm³/mol. The van der Waals surface area contributed by atoms with Crippen LogP contribution in [0.1, 0.15) is 60.1 Å². The maximum Gasteiger partial charge on any atom is 0.420 e. The molecule has 0 bridgehead atoms. The summed E-state index contributed by atoms with van der Waals surface area (Å²) in [5, 5.41) is 0. The van der Waals surface area contributed by atoms with Crippen LogP contribution in [-0.2, 0) is 34.3 Å². The van der Waals surface area contributed by atoms with Crippen molar-refractivity contribution in [2.75, 3.05) is 0 Å². The Balaban J connectivity index is 2.67. The van der Waals surface area contributed by atoms with Gasteiger partial charge in [-0.1, -0.05) is 20.3 Å². The van der Waals surface area contributed by atoms with Gasteiger partial charge in [0.2, 0.25) is 0 Å². The van der Waals surface area contributed by atoms with E-state index in [0.717, 1.165) is 20.8 Å². The maximum atomic E-state index is 13.7. The van der Waals surface area contributed by atoms with Crippen LogP contribution in [0.15, 0.2) is 24.3 Å². The van der Waals surface area contributed by atoms with Crippen molar-refractivity contribution >= 4 is 11.9 Å². The summed E-state index contributed by atoms with van der Waals surface area (Å²) in [6.45, 7) is 4.28. The van der Waals surface area contributed by atoms with Crippen LogP contribution in [0.4, 0.5) is 52.7 Å². The summed E-state index contributed by atoms with van der Waals surface area (Å²) in [6.07, 6.45) is -21.7. The van der Waals surface area contributed by atoms with Crippen molar-refractivity contribution < 1.29 is 71.7 Å². The fraction of sp³-hybridized carbons (Fsp3) is 0.462. The zero-order valence-corrected chi connectivity index (χ0v) is 22.0. The number of esters is 2. The number of carbonyl (C=O) groups is 2. The molecular formula is C26H22F12O4. The summed E-state index contributed by atoms with van der Waals surface area (Å²) in [4.78, 5) is 26.1. The molecule has 0 N–H and O–H groups in total. The summed E-state index contributed by atoms with van der Waals surface area (Å²) >= 11 is 0. The Labute approximate surface area is 230 Å². The largest absolute Gasteiger partial charge is 0.425 e. The maximum absolute atomic E-state index is 13.7. The Morgan fingerprint density at radius 3 is 1.45 bits per heavy atom. The van der Waals surface area contributed by atoms with Gasteiger partial charge in [0.25, 0.3) is 0 Å². The van der Waals surface area contributed by atoms with Gasteiger partial charge in [-0.15, -0.1) is 0 Å². The van der Waals surface area contributed by atoms with Gasteiger partial charge in [0.15, 0.2) is 11.7 Å². The lowest BCUT2D eigenvalue weighted by Crippen LogP contribution is -2.37. The minimum Gasteiger partial charge on any atom is -0.425 e. The standard InChI is InChI=1S/C26H22F12O4/c1-5-6-12(3)18(21(39)41-19-13(4)9-14(23(27,28)29)10-17(19)26(36,37)38)22(40)42-20-15(24(30,31)32)7-11(2)8-16(20)25(33,34)35/h7-10,12,18H,5-6H2,1-4H3. The van der Waals surface area contributed by atoms with E-state index in [1.54, 1.807) is 0 Å². The molecule has 16 heteroatoms. The molecule has 0 amide bonds. The lowest BCUT2D eigenvalue weighted by molar-refractivity contribution is -0.157. The Morgan fingerprint density at radius 2 is 1.07 bits per heavy atom. The third-order valence-electron chi connectivity index (χ3n) is 5.98. The lowest BCUT2D eigenvalue weighted by Gasteiger charge is -2.25. The van der Waals surface area contributed by atoms with E-state index in [4.69, 9.17) is 4.74 Å². The van der Waals surface area contributed by atoms with Crippen molar-refractivity contribution in [3.63, 3.8) is 0 Å². The first-order valence-corrected chi connectivity index (χ1v) is 11.9. The molecule has 0 saturated heterocycles. The van der Waals surface area contributed by atoms with Crippen molar-refractivity contribution in [1.29, 1.82) is 0 Å². The highest BCUT2D eigenvalue weighted by atomic mass is 19.4. The molecular weight excluding hydrogens is 604 g/mol. The summed E-state index contributed by atoms with van der Waals surface area (Å²) in [5.74, 6) is -11.0. The zero-order chi connectivity index (χ0) is 32.6. The number of aryl methyl sites for hydroxylation is 2. The SMILES string of the molecule is CCCC(C)C(C(=O)Oc1c(C)cc(C(F)(F)F)cc1C(F)(F)F)C(=O)Oc1c(C(F)(F)F)cc(C)cc1C(F)(F)F. The van der Waals surface area contributed by atoms with Crippen LogP contribution in [0.25, 0.3) is 0 Å². The number of rotatable bonds is 7. The summed E-state index contributed by atoms with van der Waals surface area (Å²) in [5.41, 5.74) is -9.20. The van der Waals surface area contributed by atoms with E-state index in [-0.39, 0.29) is 37.1 Å². The highest BCUT2D eigenvalue weighted by Gasteiger charge is 2.46. The molecule has 0 saturated carbocycles. The average Bonchev–Trinajstić information content (AvgIpc) is 2.78. The normalized spacial score (nSPS) is 14.4. The van der Waals surface area contributed by atoms with Crippen molar-refractivity contribution in [2.24, 2.45) is 11.8 Å². The van der Waals surface area contributed by atoms with Crippen molar-refractivity contribution in [2.45, 2.75) is 65.2 Å². The monoisotopic (exact) mass is 626 g/mol. The predicted octanol–water partition coefficient (Wildman–Crippen LogP) is 8.94. The summed E-state index contributed by atoms with van der Waals surface area (Å²) < 4.78 is 171. The number of alkyl halides is 12. The van der Waals surface area contributed by atoms with Crippen LogP contribution in [0, 0.1) is 25.7 Å². The van der Waals surface area contributed by atoms with E-state index >= 15 is 0 Å². The highest BCUT2D eigenvalue weighted by Crippen LogP contribution is 2.46. The molecule has 0 aliphatic rings. The van der Waals surface area contributed by atoms with Gasteiger partial charge in [-0.2, -0.15) is 52.7 Å². The average molecular weight is 626 g/mol. The van der Waals surface area contributed by atoms with Gasteiger partial charge in [-0.05, 0) is 61.6 Å². The van der Waals surface area contributed by atoms with Crippen LogP contribution >= 0.6 is 0 Å². The Kier molecular flexibility index (Phi) is 9.95. The molecule has 2 unspecified atom stereocenters. The van der Waals surface area contributed by atoms with Crippen molar-refractivity contribution in [3.8, 4) is 11.5 Å². The first kappa shape index (κ1) is 34.7. The van der Waals surface area contributed by atoms with Crippen LogP contribution in [-0.4, -0.2) is 11.9 Å². The van der Waals surface area contributed by atoms with E-state index in [1.807, 2.05) is 0 Å². The van der Waals surface area contributed by atoms with Crippen LogP contribution in [0.3, 0.4) is 0 Å². The van der Waals surface area contributed by atoms with Gasteiger partial charge in [-0.25, -0.2) is 0 Å².